The summed E-state index contributed by atoms with van der Waals surface area (Å²) in [6, 6.07) is 13.4. The standard InChI is InChI=1S/C15H11ClFN3O/c16-12-6-1-2-7-13(12)18-9-14-19-20-15(21-14)10-4-3-5-11(17)8-10/h1-8,18H,9H2. The third-order valence-electron chi connectivity index (χ3n) is 2.84. The van der Waals surface area contributed by atoms with Gasteiger partial charge in [0.2, 0.25) is 11.8 Å². The zero-order chi connectivity index (χ0) is 14.7. The first-order valence-corrected chi connectivity index (χ1v) is 6.67. The zero-order valence-electron chi connectivity index (χ0n) is 10.9. The third kappa shape index (κ3) is 3.20. The van der Waals surface area contributed by atoms with Crippen molar-refractivity contribution in [1.29, 1.82) is 0 Å². The molecule has 0 fully saturated rings. The number of rotatable bonds is 4. The maximum atomic E-state index is 13.2. The maximum Gasteiger partial charge on any atom is 0.247 e. The number of hydrogen-bond donors (Lipinski definition) is 1. The van der Waals surface area contributed by atoms with Crippen molar-refractivity contribution >= 4 is 17.3 Å². The van der Waals surface area contributed by atoms with Crippen LogP contribution in [0.15, 0.2) is 52.9 Å². The summed E-state index contributed by atoms with van der Waals surface area (Å²) in [5.41, 5.74) is 1.33. The largest absolute Gasteiger partial charge is 0.419 e. The van der Waals surface area contributed by atoms with Crippen LogP contribution >= 0.6 is 11.6 Å². The molecule has 0 saturated carbocycles. The van der Waals surface area contributed by atoms with E-state index in [0.29, 0.717) is 23.0 Å². The Labute approximate surface area is 125 Å². The lowest BCUT2D eigenvalue weighted by Gasteiger charge is -2.04. The van der Waals surface area contributed by atoms with E-state index in [1.165, 1.54) is 12.1 Å². The summed E-state index contributed by atoms with van der Waals surface area (Å²) in [6.07, 6.45) is 0. The Bertz CT molecular complexity index is 760. The highest BCUT2D eigenvalue weighted by atomic mass is 35.5. The van der Waals surface area contributed by atoms with Crippen LogP contribution in [0.5, 0.6) is 0 Å². The third-order valence-corrected chi connectivity index (χ3v) is 3.17. The SMILES string of the molecule is Fc1cccc(-c2nnc(CNc3ccccc3Cl)o2)c1. The van der Waals surface area contributed by atoms with Crippen molar-refractivity contribution in [3.8, 4) is 11.5 Å². The van der Waals surface area contributed by atoms with Gasteiger partial charge in [-0.3, -0.25) is 0 Å². The van der Waals surface area contributed by atoms with Crippen LogP contribution in [0.3, 0.4) is 0 Å². The molecule has 1 aromatic heterocycles. The van der Waals surface area contributed by atoms with Crippen LogP contribution in [0.2, 0.25) is 5.02 Å². The predicted molar refractivity (Wildman–Crippen MR) is 78.5 cm³/mol. The van der Waals surface area contributed by atoms with Crippen LogP contribution < -0.4 is 5.32 Å². The molecule has 0 amide bonds. The van der Waals surface area contributed by atoms with Crippen LogP contribution in [0.4, 0.5) is 10.1 Å². The number of hydrogen-bond acceptors (Lipinski definition) is 4. The molecule has 0 radical (unpaired) electrons. The predicted octanol–water partition coefficient (Wildman–Crippen LogP) is 4.14. The Morgan fingerprint density at radius 1 is 1.10 bits per heavy atom. The minimum atomic E-state index is -0.346. The Kier molecular flexibility index (Phi) is 3.83. The molecule has 3 rings (SSSR count). The number of anilines is 1. The van der Waals surface area contributed by atoms with Gasteiger partial charge >= 0.3 is 0 Å². The summed E-state index contributed by atoms with van der Waals surface area (Å²) < 4.78 is 18.6. The second-order valence-electron chi connectivity index (χ2n) is 4.34. The molecule has 2 aromatic carbocycles. The zero-order valence-corrected chi connectivity index (χ0v) is 11.6. The monoisotopic (exact) mass is 303 g/mol. The van der Waals surface area contributed by atoms with Gasteiger partial charge in [0, 0.05) is 5.56 Å². The summed E-state index contributed by atoms with van der Waals surface area (Å²) in [5.74, 6) is 0.334. The second kappa shape index (κ2) is 5.93. The van der Waals surface area contributed by atoms with E-state index >= 15 is 0 Å². The first-order valence-electron chi connectivity index (χ1n) is 6.29. The fraction of sp³-hybridized carbons (Fsp3) is 0.0667. The Morgan fingerprint density at radius 2 is 1.95 bits per heavy atom. The van der Waals surface area contributed by atoms with Gasteiger partial charge in [-0.05, 0) is 30.3 Å². The number of nitrogens with one attached hydrogen (secondary N) is 1. The van der Waals surface area contributed by atoms with Crippen LogP contribution in [-0.2, 0) is 6.54 Å². The number of benzene rings is 2. The summed E-state index contributed by atoms with van der Waals surface area (Å²) in [5, 5.41) is 11.5. The van der Waals surface area contributed by atoms with Crippen molar-refractivity contribution in [3.63, 3.8) is 0 Å². The van der Waals surface area contributed by atoms with Crippen molar-refractivity contribution in [1.82, 2.24) is 10.2 Å². The van der Waals surface area contributed by atoms with Crippen molar-refractivity contribution < 1.29 is 8.81 Å². The molecule has 106 valence electrons. The highest BCUT2D eigenvalue weighted by Gasteiger charge is 2.09. The molecule has 3 aromatic rings. The second-order valence-corrected chi connectivity index (χ2v) is 4.75. The maximum absolute atomic E-state index is 13.2. The average molecular weight is 304 g/mol. The molecule has 0 aliphatic rings. The molecule has 6 heteroatoms. The number of halogens is 2. The van der Waals surface area contributed by atoms with Gasteiger partial charge in [-0.15, -0.1) is 10.2 Å². The summed E-state index contributed by atoms with van der Waals surface area (Å²) in [4.78, 5) is 0. The van der Waals surface area contributed by atoms with E-state index < -0.39 is 0 Å². The van der Waals surface area contributed by atoms with Gasteiger partial charge in [-0.25, -0.2) is 4.39 Å². The van der Waals surface area contributed by atoms with E-state index in [-0.39, 0.29) is 11.7 Å². The van der Waals surface area contributed by atoms with Crippen LogP contribution in [0.1, 0.15) is 5.89 Å². The topological polar surface area (TPSA) is 51.0 Å². The smallest absolute Gasteiger partial charge is 0.247 e. The lowest BCUT2D eigenvalue weighted by Crippen LogP contribution is -1.99. The van der Waals surface area contributed by atoms with E-state index in [0.717, 1.165) is 5.69 Å². The molecule has 0 saturated heterocycles. The van der Waals surface area contributed by atoms with Crippen molar-refractivity contribution in [3.05, 3.63) is 65.3 Å². The van der Waals surface area contributed by atoms with E-state index in [1.807, 2.05) is 18.2 Å². The lowest BCUT2D eigenvalue weighted by molar-refractivity contribution is 0.514. The molecule has 0 spiro atoms. The summed E-state index contributed by atoms with van der Waals surface area (Å²) in [6.45, 7) is 0.339. The fourth-order valence-corrected chi connectivity index (χ4v) is 2.04. The van der Waals surface area contributed by atoms with Crippen molar-refractivity contribution in [2.75, 3.05) is 5.32 Å². The normalized spacial score (nSPS) is 10.6. The minimum Gasteiger partial charge on any atom is -0.419 e. The van der Waals surface area contributed by atoms with Gasteiger partial charge in [-0.2, -0.15) is 0 Å². The average Bonchev–Trinajstić information content (AvgIpc) is 2.95. The van der Waals surface area contributed by atoms with E-state index in [4.69, 9.17) is 16.0 Å². The highest BCUT2D eigenvalue weighted by molar-refractivity contribution is 6.33. The number of nitrogens with zero attached hydrogens (tertiary/aromatic N) is 2. The highest BCUT2D eigenvalue weighted by Crippen LogP contribution is 2.22. The number of aromatic nitrogens is 2. The van der Waals surface area contributed by atoms with Gasteiger partial charge in [0.15, 0.2) is 0 Å². The molecule has 21 heavy (non-hydrogen) atoms. The van der Waals surface area contributed by atoms with E-state index in [2.05, 4.69) is 15.5 Å². The first kappa shape index (κ1) is 13.6. The molecule has 4 nitrogen and oxygen atoms in total. The molecular formula is C15H11ClFN3O. The van der Waals surface area contributed by atoms with Gasteiger partial charge in [0.1, 0.15) is 5.82 Å². The molecule has 0 aliphatic heterocycles. The van der Waals surface area contributed by atoms with Gasteiger partial charge in [-0.1, -0.05) is 29.8 Å². The van der Waals surface area contributed by atoms with Crippen molar-refractivity contribution in [2.45, 2.75) is 6.54 Å². The molecule has 1 N–H and O–H groups in total. The van der Waals surface area contributed by atoms with E-state index in [9.17, 15) is 4.39 Å². The molecule has 0 atom stereocenters. The first-order chi connectivity index (χ1) is 10.2. The van der Waals surface area contributed by atoms with Crippen molar-refractivity contribution in [2.24, 2.45) is 0 Å². The molecule has 0 unspecified atom stereocenters. The summed E-state index contributed by atoms with van der Waals surface area (Å²) >= 11 is 6.04. The van der Waals surface area contributed by atoms with E-state index in [1.54, 1.807) is 18.2 Å². The Morgan fingerprint density at radius 3 is 2.76 bits per heavy atom. The molecule has 1 heterocycles. The quantitative estimate of drug-likeness (QED) is 0.787. The minimum absolute atomic E-state index is 0.283. The van der Waals surface area contributed by atoms with Crippen LogP contribution in [-0.4, -0.2) is 10.2 Å². The summed E-state index contributed by atoms with van der Waals surface area (Å²) in [7, 11) is 0. The van der Waals surface area contributed by atoms with Gasteiger partial charge < -0.3 is 9.73 Å². The molecule has 0 bridgehead atoms. The Balaban J connectivity index is 1.72. The van der Waals surface area contributed by atoms with Gasteiger partial charge in [0.25, 0.3) is 0 Å². The number of para-hydroxylation sites is 1. The molecule has 0 aliphatic carbocycles. The lowest BCUT2D eigenvalue weighted by atomic mass is 10.2. The fourth-order valence-electron chi connectivity index (χ4n) is 1.84. The molecular weight excluding hydrogens is 293 g/mol. The van der Waals surface area contributed by atoms with Crippen LogP contribution in [0, 0.1) is 5.82 Å². The van der Waals surface area contributed by atoms with Gasteiger partial charge in [0.05, 0.1) is 17.3 Å². The van der Waals surface area contributed by atoms with Crippen LogP contribution in [0.25, 0.3) is 11.5 Å². The Hall–Kier alpha value is -2.40.